The van der Waals surface area contributed by atoms with E-state index in [1.807, 2.05) is 6.92 Å². The molecule has 1 aromatic heterocycles. The Morgan fingerprint density at radius 3 is 2.67 bits per heavy atom. The van der Waals surface area contributed by atoms with Gasteiger partial charge in [0, 0.05) is 11.6 Å². The highest BCUT2D eigenvalue weighted by molar-refractivity contribution is 5.27. The lowest BCUT2D eigenvalue weighted by Gasteiger charge is -2.17. The highest BCUT2D eigenvalue weighted by atomic mass is 16.3. The minimum absolute atomic E-state index is 0.329. The summed E-state index contributed by atoms with van der Waals surface area (Å²) in [5.74, 6) is 1.01. The Balaban J connectivity index is 2.19. The van der Waals surface area contributed by atoms with Gasteiger partial charge in [0.1, 0.15) is 5.76 Å². The van der Waals surface area contributed by atoms with Crippen molar-refractivity contribution in [1.82, 2.24) is 5.32 Å². The Kier molecular flexibility index (Phi) is 4.21. The van der Waals surface area contributed by atoms with Gasteiger partial charge in [-0.05, 0) is 38.4 Å². The van der Waals surface area contributed by atoms with Crippen LogP contribution in [0.3, 0.4) is 0 Å². The summed E-state index contributed by atoms with van der Waals surface area (Å²) in [7, 11) is 0. The third-order valence-electron chi connectivity index (χ3n) is 3.25. The van der Waals surface area contributed by atoms with Crippen LogP contribution in [0, 0.1) is 13.8 Å². The summed E-state index contributed by atoms with van der Waals surface area (Å²) in [6.07, 6.45) is 2.77. The number of hydrogen-bond donors (Lipinski definition) is 1. The first-order chi connectivity index (χ1) is 8.70. The minimum atomic E-state index is 0.329. The molecular weight excluding hydrogens is 222 g/mol. The summed E-state index contributed by atoms with van der Waals surface area (Å²) in [6.45, 7) is 7.25. The smallest absolute Gasteiger partial charge is 0.105 e. The molecule has 2 rings (SSSR count). The van der Waals surface area contributed by atoms with Crippen molar-refractivity contribution in [3.63, 3.8) is 0 Å². The van der Waals surface area contributed by atoms with Gasteiger partial charge in [0.2, 0.25) is 0 Å². The van der Waals surface area contributed by atoms with Gasteiger partial charge in [0.05, 0.1) is 6.26 Å². The molecule has 0 aliphatic heterocycles. The molecule has 0 fully saturated rings. The fourth-order valence-corrected chi connectivity index (χ4v) is 2.37. The number of furan rings is 1. The van der Waals surface area contributed by atoms with E-state index in [0.717, 1.165) is 18.7 Å². The van der Waals surface area contributed by atoms with Crippen molar-refractivity contribution in [2.24, 2.45) is 0 Å². The summed E-state index contributed by atoms with van der Waals surface area (Å²) >= 11 is 0. The quantitative estimate of drug-likeness (QED) is 0.864. The van der Waals surface area contributed by atoms with Crippen molar-refractivity contribution in [3.8, 4) is 0 Å². The van der Waals surface area contributed by atoms with Crippen molar-refractivity contribution >= 4 is 0 Å². The van der Waals surface area contributed by atoms with Crippen LogP contribution in [-0.2, 0) is 6.42 Å². The predicted molar refractivity (Wildman–Crippen MR) is 74.7 cm³/mol. The van der Waals surface area contributed by atoms with Gasteiger partial charge in [0.25, 0.3) is 0 Å². The van der Waals surface area contributed by atoms with E-state index >= 15 is 0 Å². The average Bonchev–Trinajstić information content (AvgIpc) is 2.75. The predicted octanol–water partition coefficient (Wildman–Crippen LogP) is 3.79. The fourth-order valence-electron chi connectivity index (χ4n) is 2.37. The second kappa shape index (κ2) is 5.87. The maximum absolute atomic E-state index is 5.41. The maximum Gasteiger partial charge on any atom is 0.105 e. The Morgan fingerprint density at radius 1 is 1.22 bits per heavy atom. The van der Waals surface area contributed by atoms with Gasteiger partial charge >= 0.3 is 0 Å². The van der Waals surface area contributed by atoms with E-state index < -0.39 is 0 Å². The first-order valence-corrected chi connectivity index (χ1v) is 6.53. The number of aryl methyl sites for hydroxylation is 2. The van der Waals surface area contributed by atoms with Crippen LogP contribution in [0.15, 0.2) is 41.0 Å². The zero-order valence-electron chi connectivity index (χ0n) is 11.4. The first kappa shape index (κ1) is 12.9. The van der Waals surface area contributed by atoms with Crippen LogP contribution < -0.4 is 5.32 Å². The molecule has 0 radical (unpaired) electrons. The van der Waals surface area contributed by atoms with Crippen LogP contribution in [0.4, 0.5) is 0 Å². The zero-order valence-corrected chi connectivity index (χ0v) is 11.4. The largest absolute Gasteiger partial charge is 0.469 e. The lowest BCUT2D eigenvalue weighted by atomic mass is 9.98. The van der Waals surface area contributed by atoms with E-state index in [2.05, 4.69) is 49.5 Å². The van der Waals surface area contributed by atoms with Crippen molar-refractivity contribution in [2.75, 3.05) is 6.54 Å². The van der Waals surface area contributed by atoms with E-state index in [1.165, 1.54) is 16.7 Å². The van der Waals surface area contributed by atoms with Crippen LogP contribution >= 0.6 is 0 Å². The number of likely N-dealkylation sites (N-methyl/N-ethyl adjacent to an activating group) is 1. The van der Waals surface area contributed by atoms with E-state index in [4.69, 9.17) is 4.42 Å². The van der Waals surface area contributed by atoms with Gasteiger partial charge in [-0.2, -0.15) is 0 Å². The van der Waals surface area contributed by atoms with Gasteiger partial charge in [-0.1, -0.05) is 36.8 Å². The summed E-state index contributed by atoms with van der Waals surface area (Å²) < 4.78 is 5.41. The van der Waals surface area contributed by atoms with Gasteiger partial charge in [-0.15, -0.1) is 0 Å². The second-order valence-electron chi connectivity index (χ2n) is 4.74. The normalized spacial score (nSPS) is 12.6. The third-order valence-corrected chi connectivity index (χ3v) is 3.25. The van der Waals surface area contributed by atoms with Crippen molar-refractivity contribution in [1.29, 1.82) is 0 Å². The van der Waals surface area contributed by atoms with E-state index in [1.54, 1.807) is 6.26 Å². The van der Waals surface area contributed by atoms with Crippen molar-refractivity contribution < 1.29 is 4.42 Å². The summed E-state index contributed by atoms with van der Waals surface area (Å²) in [5.41, 5.74) is 3.94. The van der Waals surface area contributed by atoms with Crippen molar-refractivity contribution in [2.45, 2.75) is 33.2 Å². The lowest BCUT2D eigenvalue weighted by Crippen LogP contribution is -2.23. The number of rotatable bonds is 5. The molecule has 0 aliphatic carbocycles. The van der Waals surface area contributed by atoms with Gasteiger partial charge in [-0.25, -0.2) is 0 Å². The molecular formula is C16H21NO. The summed E-state index contributed by atoms with van der Waals surface area (Å²) in [4.78, 5) is 0. The minimum Gasteiger partial charge on any atom is -0.469 e. The molecule has 0 aliphatic rings. The molecule has 1 heterocycles. The highest BCUT2D eigenvalue weighted by Crippen LogP contribution is 2.23. The SMILES string of the molecule is CCNC(Cc1cccc(C)c1)c1ccoc1C. The number of nitrogens with one attached hydrogen (secondary N) is 1. The van der Waals surface area contributed by atoms with E-state index in [-0.39, 0.29) is 0 Å². The molecule has 1 atom stereocenters. The Morgan fingerprint density at radius 2 is 2.06 bits per heavy atom. The van der Waals surface area contributed by atoms with Crippen LogP contribution in [0.25, 0.3) is 0 Å². The zero-order chi connectivity index (χ0) is 13.0. The molecule has 2 nitrogen and oxygen atoms in total. The lowest BCUT2D eigenvalue weighted by molar-refractivity contribution is 0.501. The average molecular weight is 243 g/mol. The summed E-state index contributed by atoms with van der Waals surface area (Å²) in [6, 6.07) is 11.1. The van der Waals surface area contributed by atoms with Gasteiger partial charge < -0.3 is 9.73 Å². The Hall–Kier alpha value is -1.54. The standard InChI is InChI=1S/C16H21NO/c1-4-17-16(15-8-9-18-13(15)3)11-14-7-5-6-12(2)10-14/h5-10,16-17H,4,11H2,1-3H3. The van der Waals surface area contributed by atoms with Crippen molar-refractivity contribution in [3.05, 3.63) is 59.0 Å². The Labute approximate surface area is 109 Å². The molecule has 1 aromatic carbocycles. The summed E-state index contributed by atoms with van der Waals surface area (Å²) in [5, 5.41) is 3.53. The molecule has 1 unspecified atom stereocenters. The van der Waals surface area contributed by atoms with Crippen LogP contribution in [0.1, 0.15) is 35.4 Å². The molecule has 0 saturated heterocycles. The van der Waals surface area contributed by atoms with Gasteiger partial charge in [-0.3, -0.25) is 0 Å². The molecule has 2 heteroatoms. The molecule has 2 aromatic rings. The molecule has 96 valence electrons. The fraction of sp³-hybridized carbons (Fsp3) is 0.375. The third kappa shape index (κ3) is 3.02. The monoisotopic (exact) mass is 243 g/mol. The molecule has 18 heavy (non-hydrogen) atoms. The van der Waals surface area contributed by atoms with Crippen LogP contribution in [0.5, 0.6) is 0 Å². The molecule has 0 spiro atoms. The molecule has 0 amide bonds. The maximum atomic E-state index is 5.41. The van der Waals surface area contributed by atoms with Crippen LogP contribution in [-0.4, -0.2) is 6.54 Å². The molecule has 1 N–H and O–H groups in total. The first-order valence-electron chi connectivity index (χ1n) is 6.53. The molecule has 0 bridgehead atoms. The molecule has 0 saturated carbocycles. The Bertz CT molecular complexity index is 501. The van der Waals surface area contributed by atoms with E-state index in [0.29, 0.717) is 6.04 Å². The van der Waals surface area contributed by atoms with E-state index in [9.17, 15) is 0 Å². The van der Waals surface area contributed by atoms with Crippen LogP contribution in [0.2, 0.25) is 0 Å². The topological polar surface area (TPSA) is 25.2 Å². The number of benzene rings is 1. The highest BCUT2D eigenvalue weighted by Gasteiger charge is 2.15. The number of hydrogen-bond acceptors (Lipinski definition) is 2. The second-order valence-corrected chi connectivity index (χ2v) is 4.74. The van der Waals surface area contributed by atoms with Gasteiger partial charge in [0.15, 0.2) is 0 Å².